The first-order valence-corrected chi connectivity index (χ1v) is 7.32. The van der Waals surface area contributed by atoms with Crippen LogP contribution in [-0.4, -0.2) is 24.6 Å². The predicted molar refractivity (Wildman–Crippen MR) is 79.1 cm³/mol. The Morgan fingerprint density at radius 1 is 1.20 bits per heavy atom. The molecule has 0 aromatic carbocycles. The number of nitrogens with two attached hydrogens (primary N) is 1. The number of hydrogen-bond acceptors (Lipinski definition) is 6. The molecule has 0 spiro atoms. The van der Waals surface area contributed by atoms with Gasteiger partial charge >= 0.3 is 11.9 Å². The topological polar surface area (TPSA) is 78.6 Å². The number of anilines is 1. The Hall–Kier alpha value is -1.56. The third kappa shape index (κ3) is 3.96. The molecule has 1 rings (SSSR count). The van der Waals surface area contributed by atoms with Crippen molar-refractivity contribution in [3.05, 3.63) is 16.0 Å². The highest BCUT2D eigenvalue weighted by atomic mass is 32.1. The van der Waals surface area contributed by atoms with Crippen molar-refractivity contribution in [1.29, 1.82) is 0 Å². The van der Waals surface area contributed by atoms with Crippen LogP contribution in [0.15, 0.2) is 0 Å². The monoisotopic (exact) mass is 299 g/mol. The van der Waals surface area contributed by atoms with Crippen LogP contribution in [0.4, 0.5) is 5.00 Å². The number of ether oxygens (including phenoxy) is 2. The van der Waals surface area contributed by atoms with Gasteiger partial charge < -0.3 is 15.2 Å². The molecular weight excluding hydrogens is 278 g/mol. The number of nitrogen functional groups attached to an aromatic ring is 1. The van der Waals surface area contributed by atoms with Crippen LogP contribution in [0.3, 0.4) is 0 Å². The number of esters is 2. The van der Waals surface area contributed by atoms with Crippen molar-refractivity contribution in [3.8, 4) is 0 Å². The fraction of sp³-hybridized carbons (Fsp3) is 0.571. The molecule has 0 fully saturated rings. The maximum absolute atomic E-state index is 12.0. The molecular formula is C14H21NO4S. The summed E-state index contributed by atoms with van der Waals surface area (Å²) >= 11 is 1.06. The summed E-state index contributed by atoms with van der Waals surface area (Å²) in [5, 5.41) is 0.284. The summed E-state index contributed by atoms with van der Waals surface area (Å²) < 4.78 is 10.3. The van der Waals surface area contributed by atoms with Gasteiger partial charge in [0.1, 0.15) is 9.88 Å². The summed E-state index contributed by atoms with van der Waals surface area (Å²) in [7, 11) is 0. The average molecular weight is 299 g/mol. The van der Waals surface area contributed by atoms with Crippen molar-refractivity contribution in [2.45, 2.75) is 40.7 Å². The van der Waals surface area contributed by atoms with Gasteiger partial charge in [0.2, 0.25) is 0 Å². The van der Waals surface area contributed by atoms with E-state index < -0.39 is 11.9 Å². The van der Waals surface area contributed by atoms with Crippen LogP contribution in [0, 0.1) is 12.8 Å². The number of hydrogen-bond donors (Lipinski definition) is 1. The first kappa shape index (κ1) is 16.5. The Kier molecular flexibility index (Phi) is 5.56. The lowest BCUT2D eigenvalue weighted by Gasteiger charge is -2.08. The van der Waals surface area contributed by atoms with E-state index in [-0.39, 0.29) is 22.6 Å². The highest BCUT2D eigenvalue weighted by Crippen LogP contribution is 2.32. The lowest BCUT2D eigenvalue weighted by atomic mass is 10.1. The Morgan fingerprint density at radius 2 is 1.80 bits per heavy atom. The molecule has 2 N–H and O–H groups in total. The van der Waals surface area contributed by atoms with E-state index in [1.165, 1.54) is 0 Å². The molecule has 20 heavy (non-hydrogen) atoms. The number of carbonyl (C=O) groups excluding carboxylic acids is 2. The lowest BCUT2D eigenvalue weighted by Crippen LogP contribution is -2.14. The zero-order chi connectivity index (χ0) is 15.4. The van der Waals surface area contributed by atoms with Gasteiger partial charge in [-0.1, -0.05) is 13.8 Å². The molecule has 0 radical (unpaired) electrons. The van der Waals surface area contributed by atoms with Gasteiger partial charge in [-0.05, 0) is 32.3 Å². The Bertz CT molecular complexity index is 506. The number of carbonyl (C=O) groups is 2. The maximum Gasteiger partial charge on any atom is 0.348 e. The maximum atomic E-state index is 12.0. The molecule has 0 saturated carbocycles. The van der Waals surface area contributed by atoms with Crippen LogP contribution >= 0.6 is 11.3 Å². The molecule has 112 valence electrons. The van der Waals surface area contributed by atoms with Crippen LogP contribution in [0.1, 0.15) is 53.3 Å². The molecule has 0 unspecified atom stereocenters. The highest BCUT2D eigenvalue weighted by Gasteiger charge is 2.25. The third-order valence-corrected chi connectivity index (χ3v) is 3.56. The molecule has 1 aromatic heterocycles. The van der Waals surface area contributed by atoms with Gasteiger partial charge in [0.25, 0.3) is 0 Å². The van der Waals surface area contributed by atoms with Gasteiger partial charge in [0, 0.05) is 0 Å². The zero-order valence-corrected chi connectivity index (χ0v) is 13.3. The predicted octanol–water partition coefficient (Wildman–Crippen LogP) is 3.02. The molecule has 1 heterocycles. The summed E-state index contributed by atoms with van der Waals surface area (Å²) in [6, 6.07) is 0. The van der Waals surface area contributed by atoms with Crippen LogP contribution in [0.2, 0.25) is 0 Å². The number of thiophene rings is 1. The molecule has 0 aliphatic carbocycles. The average Bonchev–Trinajstić information content (AvgIpc) is 2.61. The van der Waals surface area contributed by atoms with Crippen molar-refractivity contribution in [2.75, 3.05) is 12.3 Å². The van der Waals surface area contributed by atoms with Gasteiger partial charge in [-0.2, -0.15) is 0 Å². The molecule has 0 atom stereocenters. The first-order valence-electron chi connectivity index (χ1n) is 6.51. The van der Waals surface area contributed by atoms with Gasteiger partial charge in [0.05, 0.1) is 18.3 Å². The van der Waals surface area contributed by atoms with E-state index in [4.69, 9.17) is 15.2 Å². The second-order valence-electron chi connectivity index (χ2n) is 5.24. The van der Waals surface area contributed by atoms with Crippen molar-refractivity contribution in [2.24, 2.45) is 5.92 Å². The van der Waals surface area contributed by atoms with E-state index in [0.717, 1.165) is 11.3 Å². The lowest BCUT2D eigenvalue weighted by molar-refractivity contribution is 0.0383. The molecule has 0 bridgehead atoms. The van der Waals surface area contributed by atoms with E-state index in [2.05, 4.69) is 0 Å². The van der Waals surface area contributed by atoms with Crippen molar-refractivity contribution in [3.63, 3.8) is 0 Å². The highest BCUT2D eigenvalue weighted by molar-refractivity contribution is 7.18. The Morgan fingerprint density at radius 3 is 2.30 bits per heavy atom. The van der Waals surface area contributed by atoms with Gasteiger partial charge in [0.15, 0.2) is 0 Å². The molecule has 6 heteroatoms. The summed E-state index contributed by atoms with van der Waals surface area (Å²) in [5.41, 5.74) is 6.62. The van der Waals surface area contributed by atoms with Gasteiger partial charge in [-0.15, -0.1) is 11.3 Å². The van der Waals surface area contributed by atoms with E-state index in [1.807, 2.05) is 13.8 Å². The molecule has 0 aliphatic rings. The van der Waals surface area contributed by atoms with Gasteiger partial charge in [-0.3, -0.25) is 0 Å². The van der Waals surface area contributed by atoms with E-state index in [9.17, 15) is 9.59 Å². The second-order valence-corrected chi connectivity index (χ2v) is 6.29. The van der Waals surface area contributed by atoms with Crippen LogP contribution < -0.4 is 5.73 Å². The SMILES string of the molecule is Cc1c(C(=O)OC(C)C)sc(N)c1C(=O)OCC(C)C. The minimum absolute atomic E-state index is 0.221. The Balaban J connectivity index is 2.97. The standard InChI is InChI=1S/C14H21NO4S/c1-7(2)6-18-13(16)10-9(5)11(20-12(10)15)14(17)19-8(3)4/h7-8H,6,15H2,1-5H3. The summed E-state index contributed by atoms with van der Waals surface area (Å²) in [4.78, 5) is 24.3. The quantitative estimate of drug-likeness (QED) is 0.845. The minimum Gasteiger partial charge on any atom is -0.462 e. The zero-order valence-electron chi connectivity index (χ0n) is 12.5. The van der Waals surface area contributed by atoms with Crippen LogP contribution in [0.5, 0.6) is 0 Å². The minimum atomic E-state index is -0.492. The van der Waals surface area contributed by atoms with E-state index in [0.29, 0.717) is 17.0 Å². The summed E-state index contributed by atoms with van der Waals surface area (Å²) in [6.07, 6.45) is -0.221. The molecule has 5 nitrogen and oxygen atoms in total. The molecule has 0 aliphatic heterocycles. The first-order chi connectivity index (χ1) is 9.23. The van der Waals surface area contributed by atoms with Crippen LogP contribution in [0.25, 0.3) is 0 Å². The number of rotatable bonds is 5. The summed E-state index contributed by atoms with van der Waals surface area (Å²) in [6.45, 7) is 9.42. The van der Waals surface area contributed by atoms with Crippen molar-refractivity contribution < 1.29 is 19.1 Å². The Labute approximate surface area is 123 Å². The van der Waals surface area contributed by atoms with Crippen molar-refractivity contribution in [1.82, 2.24) is 0 Å². The smallest absolute Gasteiger partial charge is 0.348 e. The fourth-order valence-corrected chi connectivity index (χ4v) is 2.51. The molecule has 0 amide bonds. The van der Waals surface area contributed by atoms with Crippen molar-refractivity contribution >= 4 is 28.3 Å². The largest absolute Gasteiger partial charge is 0.462 e. The fourth-order valence-electron chi connectivity index (χ4n) is 1.57. The molecule has 1 aromatic rings. The summed E-state index contributed by atoms with van der Waals surface area (Å²) in [5.74, 6) is -0.713. The van der Waals surface area contributed by atoms with E-state index >= 15 is 0 Å². The third-order valence-electron chi connectivity index (χ3n) is 2.45. The molecule has 0 saturated heterocycles. The second kappa shape index (κ2) is 6.74. The van der Waals surface area contributed by atoms with Crippen LogP contribution in [-0.2, 0) is 9.47 Å². The van der Waals surface area contributed by atoms with E-state index in [1.54, 1.807) is 20.8 Å². The van der Waals surface area contributed by atoms with Gasteiger partial charge in [-0.25, -0.2) is 9.59 Å². The normalized spacial score (nSPS) is 10.9.